The Kier molecular flexibility index (Phi) is 5.30. The van der Waals surface area contributed by atoms with Gasteiger partial charge in [-0.25, -0.2) is 4.98 Å². The first-order valence-electron chi connectivity index (χ1n) is 6.77. The molecule has 7 heteroatoms. The van der Waals surface area contributed by atoms with E-state index in [2.05, 4.69) is 20.9 Å². The fourth-order valence-electron chi connectivity index (χ4n) is 2.39. The lowest BCUT2D eigenvalue weighted by Crippen LogP contribution is -2.47. The van der Waals surface area contributed by atoms with Crippen molar-refractivity contribution in [3.8, 4) is 0 Å². The quantitative estimate of drug-likeness (QED) is 0.869. The van der Waals surface area contributed by atoms with Crippen molar-refractivity contribution in [3.63, 3.8) is 0 Å². The van der Waals surface area contributed by atoms with Crippen LogP contribution in [0.3, 0.4) is 0 Å². The molecule has 2 heterocycles. The number of carbonyl (C=O) groups excluding carboxylic acids is 1. The van der Waals surface area contributed by atoms with Gasteiger partial charge >= 0.3 is 5.97 Å². The number of amides is 1. The fourth-order valence-corrected chi connectivity index (χ4v) is 2.63. The maximum absolute atomic E-state index is 12.6. The molecule has 1 aromatic heterocycles. The van der Waals surface area contributed by atoms with Crippen LogP contribution >= 0.6 is 15.9 Å². The number of nitrogens with zero attached hydrogens (tertiary/aromatic N) is 2. The van der Waals surface area contributed by atoms with E-state index in [1.165, 1.54) is 0 Å². The molecule has 1 aliphatic rings. The molecule has 1 aliphatic heterocycles. The summed E-state index contributed by atoms with van der Waals surface area (Å²) < 4.78 is 6.05. The van der Waals surface area contributed by atoms with Crippen molar-refractivity contribution < 1.29 is 19.4 Å². The van der Waals surface area contributed by atoms with Crippen molar-refractivity contribution in [2.24, 2.45) is 5.92 Å². The molecule has 1 aromatic rings. The Labute approximate surface area is 131 Å². The van der Waals surface area contributed by atoms with Gasteiger partial charge in [-0.1, -0.05) is 6.92 Å². The van der Waals surface area contributed by atoms with E-state index in [9.17, 15) is 14.7 Å². The van der Waals surface area contributed by atoms with Crippen molar-refractivity contribution in [3.05, 3.63) is 28.5 Å². The van der Waals surface area contributed by atoms with Gasteiger partial charge in [0, 0.05) is 17.2 Å². The van der Waals surface area contributed by atoms with Crippen molar-refractivity contribution >= 4 is 27.8 Å². The molecule has 1 saturated heterocycles. The minimum absolute atomic E-state index is 0.140. The largest absolute Gasteiger partial charge is 0.481 e. The van der Waals surface area contributed by atoms with Crippen LogP contribution < -0.4 is 0 Å². The normalized spacial score (nSPS) is 21.2. The standard InChI is InChI=1S/C14H17BrN2O4/c1-2-5-17(12-8-21-7-10(12)14(19)20)13(18)11-4-3-9(15)6-16-11/h3-4,6,10,12H,2,5,7-8H2,1H3,(H,19,20). The number of aromatic nitrogens is 1. The van der Waals surface area contributed by atoms with Gasteiger partial charge in [-0.2, -0.15) is 0 Å². The highest BCUT2D eigenvalue weighted by atomic mass is 79.9. The van der Waals surface area contributed by atoms with Gasteiger partial charge in [-0.3, -0.25) is 9.59 Å². The summed E-state index contributed by atoms with van der Waals surface area (Å²) in [4.78, 5) is 29.6. The topological polar surface area (TPSA) is 79.7 Å². The molecule has 2 unspecified atom stereocenters. The minimum atomic E-state index is -0.935. The molecule has 114 valence electrons. The zero-order valence-electron chi connectivity index (χ0n) is 11.7. The van der Waals surface area contributed by atoms with E-state index in [0.717, 1.165) is 10.9 Å². The Bertz CT molecular complexity index is 520. The molecular formula is C14H17BrN2O4. The molecule has 2 atom stereocenters. The maximum Gasteiger partial charge on any atom is 0.311 e. The van der Waals surface area contributed by atoms with Crippen LogP contribution in [0.15, 0.2) is 22.8 Å². The van der Waals surface area contributed by atoms with Gasteiger partial charge in [0.05, 0.1) is 19.3 Å². The first kappa shape index (κ1) is 15.9. The minimum Gasteiger partial charge on any atom is -0.481 e. The van der Waals surface area contributed by atoms with Gasteiger partial charge in [0.15, 0.2) is 0 Å². The van der Waals surface area contributed by atoms with Crippen LogP contribution in [0.1, 0.15) is 23.8 Å². The monoisotopic (exact) mass is 356 g/mol. The number of aliphatic carboxylic acids is 1. The van der Waals surface area contributed by atoms with Gasteiger partial charge < -0.3 is 14.7 Å². The zero-order chi connectivity index (χ0) is 15.4. The third kappa shape index (κ3) is 3.59. The molecule has 21 heavy (non-hydrogen) atoms. The lowest BCUT2D eigenvalue weighted by atomic mass is 10.0. The molecule has 0 aromatic carbocycles. The summed E-state index contributed by atoms with van der Waals surface area (Å²) >= 11 is 3.27. The predicted octanol–water partition coefficient (Wildman–Crippen LogP) is 1.80. The van der Waals surface area contributed by atoms with Gasteiger partial charge in [0.2, 0.25) is 0 Å². The highest BCUT2D eigenvalue weighted by Gasteiger charge is 2.40. The van der Waals surface area contributed by atoms with Gasteiger partial charge in [0.25, 0.3) is 5.91 Å². The SMILES string of the molecule is CCCN(C(=O)c1ccc(Br)cn1)C1COCC1C(=O)O. The Hall–Kier alpha value is -1.47. The van der Waals surface area contributed by atoms with E-state index in [0.29, 0.717) is 12.2 Å². The van der Waals surface area contributed by atoms with Crippen molar-refractivity contribution in [2.45, 2.75) is 19.4 Å². The Morgan fingerprint density at radius 3 is 2.81 bits per heavy atom. The van der Waals surface area contributed by atoms with Gasteiger partial charge in [0.1, 0.15) is 11.6 Å². The van der Waals surface area contributed by atoms with E-state index < -0.39 is 17.9 Å². The van der Waals surface area contributed by atoms with Crippen LogP contribution in [0, 0.1) is 5.92 Å². The Morgan fingerprint density at radius 2 is 2.24 bits per heavy atom. The summed E-state index contributed by atoms with van der Waals surface area (Å²) in [6, 6.07) is 2.92. The lowest BCUT2D eigenvalue weighted by Gasteiger charge is -2.29. The van der Waals surface area contributed by atoms with E-state index in [-0.39, 0.29) is 19.1 Å². The molecule has 1 fully saturated rings. The van der Waals surface area contributed by atoms with Crippen LogP contribution in [0.4, 0.5) is 0 Å². The molecule has 0 saturated carbocycles. The Morgan fingerprint density at radius 1 is 1.48 bits per heavy atom. The maximum atomic E-state index is 12.6. The number of halogens is 1. The average Bonchev–Trinajstić information content (AvgIpc) is 2.94. The highest BCUT2D eigenvalue weighted by molar-refractivity contribution is 9.10. The van der Waals surface area contributed by atoms with E-state index in [1.54, 1.807) is 23.2 Å². The second-order valence-corrected chi connectivity index (χ2v) is 5.83. The first-order chi connectivity index (χ1) is 10.0. The van der Waals surface area contributed by atoms with Crippen LogP contribution in [-0.4, -0.2) is 52.7 Å². The number of carboxylic acids is 1. The van der Waals surface area contributed by atoms with Crippen molar-refractivity contribution in [1.82, 2.24) is 9.88 Å². The van der Waals surface area contributed by atoms with Crippen LogP contribution in [0.5, 0.6) is 0 Å². The van der Waals surface area contributed by atoms with Crippen LogP contribution in [-0.2, 0) is 9.53 Å². The fraction of sp³-hybridized carbons (Fsp3) is 0.500. The number of pyridine rings is 1. The summed E-state index contributed by atoms with van der Waals surface area (Å²) in [7, 11) is 0. The molecule has 1 N–H and O–H groups in total. The third-order valence-corrected chi connectivity index (χ3v) is 3.91. The molecule has 0 spiro atoms. The second-order valence-electron chi connectivity index (χ2n) is 4.91. The van der Waals surface area contributed by atoms with Crippen LogP contribution in [0.2, 0.25) is 0 Å². The smallest absolute Gasteiger partial charge is 0.311 e. The van der Waals surface area contributed by atoms with E-state index in [4.69, 9.17) is 4.74 Å². The van der Waals surface area contributed by atoms with Gasteiger partial charge in [-0.15, -0.1) is 0 Å². The summed E-state index contributed by atoms with van der Waals surface area (Å²) in [5.41, 5.74) is 0.308. The number of carboxylic acid groups (broad SMARTS) is 1. The third-order valence-electron chi connectivity index (χ3n) is 3.44. The molecular weight excluding hydrogens is 340 g/mol. The van der Waals surface area contributed by atoms with E-state index in [1.807, 2.05) is 6.92 Å². The van der Waals surface area contributed by atoms with Gasteiger partial charge in [-0.05, 0) is 34.5 Å². The van der Waals surface area contributed by atoms with Crippen LogP contribution in [0.25, 0.3) is 0 Å². The molecule has 6 nitrogen and oxygen atoms in total. The number of carbonyl (C=O) groups is 2. The molecule has 1 amide bonds. The van der Waals surface area contributed by atoms with Crippen molar-refractivity contribution in [1.29, 1.82) is 0 Å². The highest BCUT2D eigenvalue weighted by Crippen LogP contribution is 2.22. The molecule has 0 bridgehead atoms. The van der Waals surface area contributed by atoms with E-state index >= 15 is 0 Å². The zero-order valence-corrected chi connectivity index (χ0v) is 13.2. The first-order valence-corrected chi connectivity index (χ1v) is 7.57. The average molecular weight is 357 g/mol. The molecule has 2 rings (SSSR count). The lowest BCUT2D eigenvalue weighted by molar-refractivity contribution is -0.142. The number of ether oxygens (including phenoxy) is 1. The number of hydrogen-bond acceptors (Lipinski definition) is 4. The molecule has 0 aliphatic carbocycles. The van der Waals surface area contributed by atoms with Crippen molar-refractivity contribution in [2.75, 3.05) is 19.8 Å². The summed E-state index contributed by atoms with van der Waals surface area (Å²) in [5, 5.41) is 9.25. The number of hydrogen-bond donors (Lipinski definition) is 1. The summed E-state index contributed by atoms with van der Waals surface area (Å²) in [6.07, 6.45) is 2.29. The summed E-state index contributed by atoms with van der Waals surface area (Å²) in [5.74, 6) is -1.88. The molecule has 0 radical (unpaired) electrons. The predicted molar refractivity (Wildman–Crippen MR) is 79.0 cm³/mol. The number of rotatable bonds is 5. The summed E-state index contributed by atoms with van der Waals surface area (Å²) in [6.45, 7) is 2.82. The Balaban J connectivity index is 2.23. The second kappa shape index (κ2) is 7.00.